The van der Waals surface area contributed by atoms with Gasteiger partial charge in [0.05, 0.1) is 67.4 Å². The van der Waals surface area contributed by atoms with Crippen LogP contribution >= 0.6 is 0 Å². The van der Waals surface area contributed by atoms with Gasteiger partial charge in [-0.3, -0.25) is 19.2 Å². The van der Waals surface area contributed by atoms with Crippen LogP contribution in [0.15, 0.2) is 23.8 Å². The summed E-state index contributed by atoms with van der Waals surface area (Å²) in [5.41, 5.74) is -2.71. The number of rotatable bonds is 2. The van der Waals surface area contributed by atoms with Crippen LogP contribution in [0.25, 0.3) is 0 Å². The van der Waals surface area contributed by atoms with E-state index >= 15 is 0 Å². The minimum atomic E-state index is -2.02. The molecule has 15 nitrogen and oxygen atoms in total. The number of methoxy groups -OCH3 is 1. The Labute approximate surface area is 328 Å². The fourth-order valence-electron chi connectivity index (χ4n) is 8.36. The number of allylic oxidation sites excluding steroid dienone is 1. The van der Waals surface area contributed by atoms with E-state index in [4.69, 9.17) is 33.2 Å². The second-order valence-electron chi connectivity index (χ2n) is 18.4. The molecule has 11 atom stereocenters. The topological polar surface area (TPSA) is 211 Å². The molecule has 5 aliphatic rings. The second kappa shape index (κ2) is 16.2. The number of carbonyl (C=O) groups is 5. The average molecular weight is 793 g/mol. The zero-order chi connectivity index (χ0) is 41.6. The van der Waals surface area contributed by atoms with Crippen molar-refractivity contribution in [3.63, 3.8) is 0 Å². The summed E-state index contributed by atoms with van der Waals surface area (Å²) in [6.07, 6.45) is -2.77. The highest BCUT2D eigenvalue weighted by atomic mass is 16.7. The van der Waals surface area contributed by atoms with Gasteiger partial charge >= 0.3 is 23.9 Å². The normalized spacial score (nSPS) is 40.6. The SMILES string of the molecule is COC(=O)/C=C1\C[C@H]2C[C@]3(O)O[C@H](C[C@@H](O)CC(=O)O[C@H](C)[C@H](O)C[C@@H]4C[C@@H]5CC(=O)O[C@]5(O4)C(=O)C(C)(C)/C=C\[C@@H](C1)O2)C[C@H](OC(=O)C(C)(C)C)C3(C)C. The molecule has 0 saturated carbocycles. The molecule has 0 aliphatic carbocycles. The van der Waals surface area contributed by atoms with Crippen molar-refractivity contribution in [3.8, 4) is 0 Å². The molecule has 5 aliphatic heterocycles. The van der Waals surface area contributed by atoms with Gasteiger partial charge in [0.25, 0.3) is 5.79 Å². The minimum absolute atomic E-state index is 0.0259. The molecule has 4 saturated heterocycles. The molecule has 0 amide bonds. The van der Waals surface area contributed by atoms with E-state index in [9.17, 15) is 39.3 Å². The van der Waals surface area contributed by atoms with Gasteiger partial charge in [-0.2, -0.15) is 0 Å². The zero-order valence-electron chi connectivity index (χ0n) is 34.0. The van der Waals surface area contributed by atoms with Crippen molar-refractivity contribution in [1.29, 1.82) is 0 Å². The van der Waals surface area contributed by atoms with Crippen LogP contribution in [0.3, 0.4) is 0 Å². The third-order valence-electron chi connectivity index (χ3n) is 11.9. The largest absolute Gasteiger partial charge is 0.466 e. The Bertz CT molecular complexity index is 1590. The predicted molar refractivity (Wildman–Crippen MR) is 196 cm³/mol. The first-order valence-corrected chi connectivity index (χ1v) is 19.6. The summed E-state index contributed by atoms with van der Waals surface area (Å²) >= 11 is 0. The maximum Gasteiger partial charge on any atom is 0.330 e. The highest BCUT2D eigenvalue weighted by Crippen LogP contribution is 2.51. The summed E-state index contributed by atoms with van der Waals surface area (Å²) in [6, 6.07) is 0. The number of ketones is 1. The van der Waals surface area contributed by atoms with Gasteiger partial charge in [0.15, 0.2) is 5.79 Å². The van der Waals surface area contributed by atoms with Crippen molar-refractivity contribution >= 4 is 29.7 Å². The van der Waals surface area contributed by atoms with Crippen molar-refractivity contribution < 1.29 is 72.5 Å². The molecule has 0 aromatic carbocycles. The van der Waals surface area contributed by atoms with E-state index in [0.29, 0.717) is 5.57 Å². The van der Waals surface area contributed by atoms with Gasteiger partial charge in [0, 0.05) is 43.1 Å². The smallest absolute Gasteiger partial charge is 0.330 e. The fourth-order valence-corrected chi connectivity index (χ4v) is 8.36. The van der Waals surface area contributed by atoms with Crippen LogP contribution in [-0.2, 0) is 57.1 Å². The molecule has 314 valence electrons. The van der Waals surface area contributed by atoms with Crippen molar-refractivity contribution in [3.05, 3.63) is 23.8 Å². The number of aliphatic hydroxyl groups is 3. The number of carbonyl (C=O) groups excluding carboxylic acids is 5. The summed E-state index contributed by atoms with van der Waals surface area (Å²) in [5.74, 6) is -7.48. The van der Waals surface area contributed by atoms with Gasteiger partial charge in [-0.15, -0.1) is 0 Å². The molecule has 56 heavy (non-hydrogen) atoms. The van der Waals surface area contributed by atoms with Crippen LogP contribution in [0.5, 0.6) is 0 Å². The Morgan fingerprint density at radius 3 is 2.23 bits per heavy atom. The Kier molecular flexibility index (Phi) is 12.7. The molecule has 5 rings (SSSR count). The maximum atomic E-state index is 14.4. The van der Waals surface area contributed by atoms with E-state index < -0.39 is 119 Å². The van der Waals surface area contributed by atoms with Gasteiger partial charge in [-0.1, -0.05) is 31.6 Å². The maximum absolute atomic E-state index is 14.4. The Hall–Kier alpha value is -3.21. The quantitative estimate of drug-likeness (QED) is 0.158. The highest BCUT2D eigenvalue weighted by Gasteiger charge is 2.64. The molecule has 3 N–H and O–H groups in total. The Morgan fingerprint density at radius 1 is 0.893 bits per heavy atom. The van der Waals surface area contributed by atoms with E-state index in [-0.39, 0.29) is 51.4 Å². The lowest BCUT2D eigenvalue weighted by Gasteiger charge is -2.54. The third-order valence-corrected chi connectivity index (χ3v) is 11.9. The van der Waals surface area contributed by atoms with E-state index in [2.05, 4.69) is 0 Å². The molecule has 0 aromatic rings. The van der Waals surface area contributed by atoms with Gasteiger partial charge in [0.1, 0.15) is 12.2 Å². The minimum Gasteiger partial charge on any atom is -0.466 e. The summed E-state index contributed by atoms with van der Waals surface area (Å²) < 4.78 is 41.2. The first-order chi connectivity index (χ1) is 25.9. The Morgan fingerprint density at radius 2 is 1.57 bits per heavy atom. The summed E-state index contributed by atoms with van der Waals surface area (Å²) in [5, 5.41) is 34.7. The lowest BCUT2D eigenvalue weighted by molar-refractivity contribution is -0.349. The van der Waals surface area contributed by atoms with Crippen LogP contribution in [0.1, 0.15) is 113 Å². The number of esters is 4. The standard InChI is InChI=1S/C41H60O15/c1-22-30(43)19-27-15-24-16-34(46)56-41(24,55-27)35(47)38(5,6)11-10-26-12-23(14-32(44)50-9)13-29(52-26)21-40(49)39(7,8)31(53-36(48)37(2,3)4)20-28(54-40)17-25(42)18-33(45)51-22/h10-11,14,22,24-31,42-43,49H,12-13,15-21H2,1-9H3/b11-10-,23-14-/t22-,24-,25-,26+,27+,28-,29+,30-,31+,40+,41+/m1/s1. The molecule has 15 heteroatoms. The molecule has 5 heterocycles. The lowest BCUT2D eigenvalue weighted by atomic mass is 9.70. The van der Waals surface area contributed by atoms with Crippen molar-refractivity contribution in [2.75, 3.05) is 7.11 Å². The number of hydrogen-bond acceptors (Lipinski definition) is 15. The van der Waals surface area contributed by atoms with Crippen molar-refractivity contribution in [2.24, 2.45) is 22.2 Å². The lowest BCUT2D eigenvalue weighted by Crippen LogP contribution is -2.62. The monoisotopic (exact) mass is 792 g/mol. The molecule has 0 unspecified atom stereocenters. The van der Waals surface area contributed by atoms with Gasteiger partial charge in [-0.25, -0.2) is 4.79 Å². The van der Waals surface area contributed by atoms with Crippen LogP contribution in [0, 0.1) is 22.2 Å². The predicted octanol–water partition coefficient (Wildman–Crippen LogP) is 3.52. The number of ether oxygens (including phenoxy) is 7. The molecule has 0 radical (unpaired) electrons. The number of fused-ring (bicyclic) bond motifs is 5. The van der Waals surface area contributed by atoms with Gasteiger partial charge in [-0.05, 0) is 60.8 Å². The summed E-state index contributed by atoms with van der Waals surface area (Å²) in [4.78, 5) is 65.6. The molecule has 4 fully saturated rings. The first-order valence-electron chi connectivity index (χ1n) is 19.6. The Balaban J connectivity index is 1.53. The van der Waals surface area contributed by atoms with E-state index in [1.165, 1.54) is 20.1 Å². The van der Waals surface area contributed by atoms with E-state index in [0.717, 1.165) is 0 Å². The van der Waals surface area contributed by atoms with E-state index in [1.54, 1.807) is 60.6 Å². The number of cyclic esters (lactones) is 1. The van der Waals surface area contributed by atoms with Crippen LogP contribution in [-0.4, -0.2) is 112 Å². The zero-order valence-corrected chi connectivity index (χ0v) is 34.0. The number of Topliss-reactive ketones (excluding diaryl/α,β-unsaturated/α-hetero) is 1. The molecule has 1 spiro atoms. The summed E-state index contributed by atoms with van der Waals surface area (Å²) in [6.45, 7) is 13.4. The van der Waals surface area contributed by atoms with Crippen molar-refractivity contribution in [1.82, 2.24) is 0 Å². The molecule has 0 aromatic heterocycles. The number of hydrogen-bond donors (Lipinski definition) is 3. The summed E-state index contributed by atoms with van der Waals surface area (Å²) in [7, 11) is 1.26. The molecular formula is C41H60O15. The van der Waals surface area contributed by atoms with Crippen molar-refractivity contribution in [2.45, 2.75) is 174 Å². The second-order valence-corrected chi connectivity index (χ2v) is 18.4. The van der Waals surface area contributed by atoms with Gasteiger partial charge in [0.2, 0.25) is 5.78 Å². The third kappa shape index (κ3) is 9.39. The first kappa shape index (κ1) is 43.9. The van der Waals surface area contributed by atoms with E-state index in [1.807, 2.05) is 0 Å². The molecular weight excluding hydrogens is 732 g/mol. The van der Waals surface area contributed by atoms with Crippen LogP contribution in [0.4, 0.5) is 0 Å². The van der Waals surface area contributed by atoms with Crippen LogP contribution in [0.2, 0.25) is 0 Å². The fraction of sp³-hybridized carbons (Fsp3) is 0.780. The highest BCUT2D eigenvalue weighted by molar-refractivity contribution is 5.96. The molecule has 6 bridgehead atoms. The average Bonchev–Trinajstić information content (AvgIpc) is 3.56. The van der Waals surface area contributed by atoms with Gasteiger partial charge < -0.3 is 48.5 Å². The van der Waals surface area contributed by atoms with Crippen LogP contribution < -0.4 is 0 Å². The number of aliphatic hydroxyl groups excluding tert-OH is 2.